The van der Waals surface area contributed by atoms with Crippen molar-refractivity contribution in [2.45, 2.75) is 19.0 Å². The van der Waals surface area contributed by atoms with Crippen LogP contribution in [0.2, 0.25) is 0 Å². The van der Waals surface area contributed by atoms with Gasteiger partial charge in [0.05, 0.1) is 17.6 Å². The van der Waals surface area contributed by atoms with Crippen LogP contribution in [-0.4, -0.2) is 49.8 Å². The molecule has 3 aromatic rings. The summed E-state index contributed by atoms with van der Waals surface area (Å²) in [5, 5.41) is 4.65. The lowest BCUT2D eigenvalue weighted by Gasteiger charge is -2.38. The topological polar surface area (TPSA) is 50.1 Å². The summed E-state index contributed by atoms with van der Waals surface area (Å²) in [5.41, 5.74) is 3.23. The van der Waals surface area contributed by atoms with Gasteiger partial charge < -0.3 is 4.90 Å². The van der Waals surface area contributed by atoms with E-state index in [0.717, 1.165) is 43.4 Å². The van der Waals surface area contributed by atoms with Gasteiger partial charge in [0.1, 0.15) is 11.3 Å². The maximum absolute atomic E-state index is 6.66. The summed E-state index contributed by atoms with van der Waals surface area (Å²) < 4.78 is 1.93. The van der Waals surface area contributed by atoms with Crippen LogP contribution < -0.4 is 4.90 Å². The van der Waals surface area contributed by atoms with Crippen molar-refractivity contribution in [3.8, 4) is 5.69 Å². The molecule has 1 aliphatic heterocycles. The summed E-state index contributed by atoms with van der Waals surface area (Å²) >= 11 is 6.66. The molecule has 0 N–H and O–H groups in total. The number of piperazine rings is 1. The van der Waals surface area contributed by atoms with Crippen LogP contribution in [0.15, 0.2) is 55.1 Å². The van der Waals surface area contributed by atoms with Crippen LogP contribution in [0.5, 0.6) is 0 Å². The Balaban J connectivity index is 1.45. The number of hydrogen-bond donors (Lipinski definition) is 0. The van der Waals surface area contributed by atoms with Crippen molar-refractivity contribution < 1.29 is 0 Å². The molecule has 1 saturated heterocycles. The molecule has 1 atom stereocenters. The SMILES string of the molecule is Cc1nn(-c2ccccc2)cc1CN1CCN(c2cnccn2)CC1Cl. The van der Waals surface area contributed by atoms with E-state index in [4.69, 9.17) is 11.6 Å². The largest absolute Gasteiger partial charge is 0.351 e. The molecule has 4 rings (SSSR count). The molecule has 26 heavy (non-hydrogen) atoms. The van der Waals surface area contributed by atoms with Crippen molar-refractivity contribution in [1.82, 2.24) is 24.6 Å². The van der Waals surface area contributed by atoms with Crippen molar-refractivity contribution in [3.63, 3.8) is 0 Å². The highest BCUT2D eigenvalue weighted by Crippen LogP contribution is 2.22. The lowest BCUT2D eigenvalue weighted by molar-refractivity contribution is 0.221. The number of nitrogens with zero attached hydrogens (tertiary/aromatic N) is 6. The average Bonchev–Trinajstić information content (AvgIpc) is 3.05. The van der Waals surface area contributed by atoms with Gasteiger partial charge in [-0.1, -0.05) is 18.2 Å². The number of aromatic nitrogens is 4. The Hall–Kier alpha value is -2.44. The number of hydrogen-bond acceptors (Lipinski definition) is 5. The minimum atomic E-state index is -0.0785. The minimum Gasteiger partial charge on any atom is -0.351 e. The molecule has 0 bridgehead atoms. The fraction of sp³-hybridized carbons (Fsp3) is 0.316. The molecule has 0 radical (unpaired) electrons. The average molecular weight is 369 g/mol. The molecule has 0 spiro atoms. The Morgan fingerprint density at radius 3 is 2.73 bits per heavy atom. The fourth-order valence-electron chi connectivity index (χ4n) is 3.20. The zero-order valence-corrected chi connectivity index (χ0v) is 15.4. The summed E-state index contributed by atoms with van der Waals surface area (Å²) in [4.78, 5) is 13.0. The summed E-state index contributed by atoms with van der Waals surface area (Å²) in [6.45, 7) is 5.33. The van der Waals surface area contributed by atoms with Crippen molar-refractivity contribution in [3.05, 3.63) is 66.4 Å². The smallest absolute Gasteiger partial charge is 0.147 e. The standard InChI is InChI=1S/C19H21ClN6/c1-15-16(13-26(23-15)17-5-3-2-4-6-17)12-24-9-10-25(14-18(24)20)19-11-21-7-8-22-19/h2-8,11,13,18H,9-10,12,14H2,1H3. The van der Waals surface area contributed by atoms with Crippen LogP contribution in [0, 0.1) is 6.92 Å². The zero-order chi connectivity index (χ0) is 17.9. The molecule has 1 unspecified atom stereocenters. The van der Waals surface area contributed by atoms with E-state index in [-0.39, 0.29) is 5.50 Å². The van der Waals surface area contributed by atoms with Crippen molar-refractivity contribution in [2.24, 2.45) is 0 Å². The second-order valence-corrected chi connectivity index (χ2v) is 6.94. The van der Waals surface area contributed by atoms with Crippen LogP contribution >= 0.6 is 11.6 Å². The van der Waals surface area contributed by atoms with E-state index in [0.29, 0.717) is 0 Å². The van der Waals surface area contributed by atoms with Gasteiger partial charge in [-0.3, -0.25) is 9.88 Å². The Bertz CT molecular complexity index is 851. The molecule has 6 nitrogen and oxygen atoms in total. The van der Waals surface area contributed by atoms with Gasteiger partial charge in [0.15, 0.2) is 0 Å². The Morgan fingerprint density at radius 2 is 2.00 bits per heavy atom. The first-order valence-electron chi connectivity index (χ1n) is 8.70. The van der Waals surface area contributed by atoms with Gasteiger partial charge in [-0.2, -0.15) is 5.10 Å². The Labute approximate surface area is 158 Å². The Morgan fingerprint density at radius 1 is 1.15 bits per heavy atom. The molecule has 134 valence electrons. The van der Waals surface area contributed by atoms with Gasteiger partial charge in [0, 0.05) is 50.3 Å². The number of benzene rings is 1. The molecule has 1 aromatic carbocycles. The third-order valence-corrected chi connectivity index (χ3v) is 5.11. The van der Waals surface area contributed by atoms with Crippen molar-refractivity contribution in [1.29, 1.82) is 0 Å². The Kier molecular flexibility index (Phi) is 4.86. The molecule has 0 saturated carbocycles. The number of aryl methyl sites for hydroxylation is 1. The summed E-state index contributed by atoms with van der Waals surface area (Å²) in [5.74, 6) is 0.880. The third kappa shape index (κ3) is 3.57. The minimum absolute atomic E-state index is 0.0785. The van der Waals surface area contributed by atoms with Gasteiger partial charge in [0.2, 0.25) is 0 Å². The fourth-order valence-corrected chi connectivity index (χ4v) is 3.53. The predicted octanol–water partition coefficient (Wildman–Crippen LogP) is 2.86. The molecular weight excluding hydrogens is 348 g/mol. The number of para-hydroxylation sites is 1. The highest BCUT2D eigenvalue weighted by Gasteiger charge is 2.27. The van der Waals surface area contributed by atoms with Crippen LogP contribution in [0.4, 0.5) is 5.82 Å². The lowest BCUT2D eigenvalue weighted by atomic mass is 10.2. The molecule has 1 fully saturated rings. The van der Waals surface area contributed by atoms with E-state index < -0.39 is 0 Å². The monoisotopic (exact) mass is 368 g/mol. The van der Waals surface area contributed by atoms with Gasteiger partial charge in [-0.25, -0.2) is 9.67 Å². The summed E-state index contributed by atoms with van der Waals surface area (Å²) in [6, 6.07) is 10.2. The highest BCUT2D eigenvalue weighted by molar-refractivity contribution is 6.20. The van der Waals surface area contributed by atoms with Crippen LogP contribution in [0.1, 0.15) is 11.3 Å². The van der Waals surface area contributed by atoms with Crippen molar-refractivity contribution in [2.75, 3.05) is 24.5 Å². The van der Waals surface area contributed by atoms with E-state index in [1.165, 1.54) is 5.56 Å². The highest BCUT2D eigenvalue weighted by atomic mass is 35.5. The van der Waals surface area contributed by atoms with Gasteiger partial charge in [-0.15, -0.1) is 11.6 Å². The van der Waals surface area contributed by atoms with Gasteiger partial charge in [-0.05, 0) is 19.1 Å². The number of alkyl halides is 1. The lowest BCUT2D eigenvalue weighted by Crippen LogP contribution is -2.50. The molecule has 0 amide bonds. The van der Waals surface area contributed by atoms with Gasteiger partial charge in [0.25, 0.3) is 0 Å². The van der Waals surface area contributed by atoms with Gasteiger partial charge >= 0.3 is 0 Å². The zero-order valence-electron chi connectivity index (χ0n) is 14.7. The second-order valence-electron chi connectivity index (χ2n) is 6.43. The van der Waals surface area contributed by atoms with E-state index in [1.807, 2.05) is 29.8 Å². The number of rotatable bonds is 4. The van der Waals surface area contributed by atoms with Crippen LogP contribution in [-0.2, 0) is 6.54 Å². The predicted molar refractivity (Wildman–Crippen MR) is 103 cm³/mol. The quantitative estimate of drug-likeness (QED) is 0.523. The van der Waals surface area contributed by atoms with E-state index in [2.05, 4.69) is 43.2 Å². The molecule has 7 heteroatoms. The molecular formula is C19H21ClN6. The van der Waals surface area contributed by atoms with Crippen LogP contribution in [0.3, 0.4) is 0 Å². The summed E-state index contributed by atoms with van der Waals surface area (Å²) in [7, 11) is 0. The van der Waals surface area contributed by atoms with Crippen LogP contribution in [0.25, 0.3) is 5.69 Å². The summed E-state index contributed by atoms with van der Waals surface area (Å²) in [6.07, 6.45) is 7.29. The first-order valence-corrected chi connectivity index (χ1v) is 9.14. The second kappa shape index (κ2) is 7.43. The van der Waals surface area contributed by atoms with E-state index in [9.17, 15) is 0 Å². The molecule has 1 aliphatic rings. The normalized spacial score (nSPS) is 18.2. The molecule has 3 heterocycles. The van der Waals surface area contributed by atoms with Crippen molar-refractivity contribution >= 4 is 17.4 Å². The number of anilines is 1. The maximum Gasteiger partial charge on any atom is 0.147 e. The maximum atomic E-state index is 6.66. The van der Waals surface area contributed by atoms with E-state index in [1.54, 1.807) is 18.6 Å². The molecule has 2 aromatic heterocycles. The molecule has 0 aliphatic carbocycles. The van der Waals surface area contributed by atoms with E-state index >= 15 is 0 Å². The first kappa shape index (κ1) is 17.0. The number of halogens is 1. The first-order chi connectivity index (χ1) is 12.7. The third-order valence-electron chi connectivity index (χ3n) is 4.69.